The number of hydrogen-bond acceptors (Lipinski definition) is 5. The van der Waals surface area contributed by atoms with Gasteiger partial charge in [-0.1, -0.05) is 43.5 Å². The summed E-state index contributed by atoms with van der Waals surface area (Å²) in [7, 11) is 0. The highest BCUT2D eigenvalue weighted by atomic mass is 16.5. The van der Waals surface area contributed by atoms with E-state index in [9.17, 15) is 9.59 Å². The molecule has 1 aliphatic carbocycles. The molecule has 7 heteroatoms. The van der Waals surface area contributed by atoms with Crippen molar-refractivity contribution in [1.29, 1.82) is 0 Å². The maximum absolute atomic E-state index is 12.2. The zero-order valence-electron chi connectivity index (χ0n) is 18.0. The summed E-state index contributed by atoms with van der Waals surface area (Å²) in [6, 6.07) is 14.8. The van der Waals surface area contributed by atoms with Crippen molar-refractivity contribution in [2.24, 2.45) is 5.73 Å². The van der Waals surface area contributed by atoms with E-state index in [2.05, 4.69) is 10.6 Å². The third kappa shape index (κ3) is 6.21. The highest BCUT2D eigenvalue weighted by Gasteiger charge is 2.37. The third-order valence-electron chi connectivity index (χ3n) is 5.53. The van der Waals surface area contributed by atoms with Gasteiger partial charge in [0, 0.05) is 12.2 Å². The first-order chi connectivity index (χ1) is 15.0. The molecule has 0 heterocycles. The molecule has 7 nitrogen and oxygen atoms in total. The minimum absolute atomic E-state index is 0.128. The van der Waals surface area contributed by atoms with Crippen molar-refractivity contribution < 1.29 is 19.1 Å². The number of benzene rings is 2. The molecule has 4 N–H and O–H groups in total. The summed E-state index contributed by atoms with van der Waals surface area (Å²) in [5, 5.41) is 6.17. The van der Waals surface area contributed by atoms with Gasteiger partial charge in [0.2, 0.25) is 5.91 Å². The Hall–Kier alpha value is -3.06. The molecule has 2 aromatic rings. The van der Waals surface area contributed by atoms with Crippen LogP contribution in [0, 0.1) is 0 Å². The minimum atomic E-state index is -0.644. The lowest BCUT2D eigenvalue weighted by atomic mass is 9.81. The predicted molar refractivity (Wildman–Crippen MR) is 120 cm³/mol. The third-order valence-corrected chi connectivity index (χ3v) is 5.53. The molecule has 31 heavy (non-hydrogen) atoms. The summed E-state index contributed by atoms with van der Waals surface area (Å²) in [4.78, 5) is 24.2. The van der Waals surface area contributed by atoms with E-state index in [0.717, 1.165) is 37.7 Å². The Balaban J connectivity index is 1.62. The fraction of sp³-hybridized carbons (Fsp3) is 0.417. The molecular weight excluding hydrogens is 394 g/mol. The van der Waals surface area contributed by atoms with Crippen LogP contribution < -0.4 is 25.8 Å². The molecule has 3 rings (SSSR count). The van der Waals surface area contributed by atoms with E-state index in [1.54, 1.807) is 6.07 Å². The van der Waals surface area contributed by atoms with Crippen LogP contribution in [0.4, 0.5) is 5.69 Å². The summed E-state index contributed by atoms with van der Waals surface area (Å²) in [6.45, 7) is 2.73. The first kappa shape index (κ1) is 22.6. The lowest BCUT2D eigenvalue weighted by Crippen LogP contribution is -2.56. The van der Waals surface area contributed by atoms with Gasteiger partial charge in [-0.25, -0.2) is 0 Å². The molecule has 0 bridgehead atoms. The average Bonchev–Trinajstić information content (AvgIpc) is 2.78. The molecule has 2 amide bonds. The molecule has 1 fully saturated rings. The number of carbonyl (C=O) groups excluding carboxylic acids is 2. The second-order valence-electron chi connectivity index (χ2n) is 7.78. The molecule has 0 radical (unpaired) electrons. The zero-order valence-corrected chi connectivity index (χ0v) is 18.0. The van der Waals surface area contributed by atoms with Gasteiger partial charge in [-0.15, -0.1) is 0 Å². The van der Waals surface area contributed by atoms with Crippen LogP contribution in [0.25, 0.3) is 0 Å². The normalized spacial score (nSPS) is 15.1. The number of nitrogens with one attached hydrogen (secondary N) is 2. The minimum Gasteiger partial charge on any atom is -0.490 e. The van der Waals surface area contributed by atoms with Crippen LogP contribution in [0.15, 0.2) is 48.5 Å². The highest BCUT2D eigenvalue weighted by Crippen LogP contribution is 2.31. The van der Waals surface area contributed by atoms with Gasteiger partial charge in [-0.2, -0.15) is 0 Å². The van der Waals surface area contributed by atoms with E-state index in [1.165, 1.54) is 0 Å². The summed E-state index contributed by atoms with van der Waals surface area (Å²) in [6.07, 6.45) is 4.65. The first-order valence-corrected chi connectivity index (χ1v) is 10.8. The number of nitrogens with two attached hydrogens (primary N) is 1. The van der Waals surface area contributed by atoms with E-state index in [-0.39, 0.29) is 18.4 Å². The molecule has 0 saturated heterocycles. The van der Waals surface area contributed by atoms with Crippen LogP contribution >= 0.6 is 0 Å². The Morgan fingerprint density at radius 2 is 1.74 bits per heavy atom. The SMILES string of the molecule is CCOc1cc(CNC2(C(N)=O)CCCCC2)ccc1OCC(=O)Nc1ccccc1. The van der Waals surface area contributed by atoms with Crippen molar-refractivity contribution in [3.05, 3.63) is 54.1 Å². The number of primary amides is 1. The predicted octanol–water partition coefficient (Wildman–Crippen LogP) is 3.38. The van der Waals surface area contributed by atoms with E-state index < -0.39 is 5.54 Å². The number of ether oxygens (including phenoxy) is 2. The second-order valence-corrected chi connectivity index (χ2v) is 7.78. The molecule has 1 saturated carbocycles. The summed E-state index contributed by atoms with van der Waals surface area (Å²) in [5.41, 5.74) is 6.73. The van der Waals surface area contributed by atoms with Crippen LogP contribution in [-0.4, -0.2) is 30.6 Å². The molecule has 0 unspecified atom stereocenters. The number of para-hydroxylation sites is 1. The lowest BCUT2D eigenvalue weighted by molar-refractivity contribution is -0.125. The maximum Gasteiger partial charge on any atom is 0.262 e. The molecular formula is C24H31N3O4. The van der Waals surface area contributed by atoms with Crippen molar-refractivity contribution in [2.75, 3.05) is 18.5 Å². The number of hydrogen-bond donors (Lipinski definition) is 3. The Labute approximate surface area is 183 Å². The van der Waals surface area contributed by atoms with Crippen molar-refractivity contribution in [2.45, 2.75) is 51.1 Å². The Morgan fingerprint density at radius 3 is 2.42 bits per heavy atom. The first-order valence-electron chi connectivity index (χ1n) is 10.8. The molecule has 0 aromatic heterocycles. The van der Waals surface area contributed by atoms with Crippen molar-refractivity contribution in [3.63, 3.8) is 0 Å². The molecule has 0 aliphatic heterocycles. The maximum atomic E-state index is 12.2. The number of carbonyl (C=O) groups is 2. The zero-order chi connectivity index (χ0) is 22.1. The van der Waals surface area contributed by atoms with Crippen LogP contribution in [0.1, 0.15) is 44.6 Å². The van der Waals surface area contributed by atoms with Crippen LogP contribution in [-0.2, 0) is 16.1 Å². The van der Waals surface area contributed by atoms with E-state index in [1.807, 2.05) is 49.4 Å². The van der Waals surface area contributed by atoms with Crippen LogP contribution in [0.5, 0.6) is 11.5 Å². The van der Waals surface area contributed by atoms with Crippen LogP contribution in [0.3, 0.4) is 0 Å². The molecule has 1 aliphatic rings. The quantitative estimate of drug-likeness (QED) is 0.542. The summed E-state index contributed by atoms with van der Waals surface area (Å²) < 4.78 is 11.4. The highest BCUT2D eigenvalue weighted by molar-refractivity contribution is 5.91. The summed E-state index contributed by atoms with van der Waals surface area (Å²) in [5.74, 6) is 0.517. The Morgan fingerprint density at radius 1 is 1.00 bits per heavy atom. The van der Waals surface area contributed by atoms with E-state index >= 15 is 0 Å². The molecule has 166 valence electrons. The lowest BCUT2D eigenvalue weighted by Gasteiger charge is -2.35. The van der Waals surface area contributed by atoms with Gasteiger partial charge < -0.3 is 20.5 Å². The molecule has 0 spiro atoms. The van der Waals surface area contributed by atoms with Crippen molar-refractivity contribution >= 4 is 17.5 Å². The van der Waals surface area contributed by atoms with E-state index in [4.69, 9.17) is 15.2 Å². The van der Waals surface area contributed by atoms with Crippen molar-refractivity contribution in [1.82, 2.24) is 5.32 Å². The monoisotopic (exact) mass is 425 g/mol. The average molecular weight is 426 g/mol. The van der Waals surface area contributed by atoms with Gasteiger partial charge in [-0.05, 0) is 49.6 Å². The summed E-state index contributed by atoms with van der Waals surface area (Å²) >= 11 is 0. The Bertz CT molecular complexity index is 880. The molecule has 2 aromatic carbocycles. The number of rotatable bonds is 10. The molecule has 0 atom stereocenters. The topological polar surface area (TPSA) is 103 Å². The van der Waals surface area contributed by atoms with Gasteiger partial charge in [0.05, 0.1) is 12.1 Å². The van der Waals surface area contributed by atoms with Crippen LogP contribution in [0.2, 0.25) is 0 Å². The fourth-order valence-corrected chi connectivity index (χ4v) is 3.85. The smallest absolute Gasteiger partial charge is 0.262 e. The number of anilines is 1. The van der Waals surface area contributed by atoms with Gasteiger partial charge in [0.1, 0.15) is 0 Å². The Kier molecular flexibility index (Phi) is 7.89. The standard InChI is InChI=1S/C24H31N3O4/c1-2-30-21-15-18(16-26-24(23(25)29)13-7-4-8-14-24)11-12-20(21)31-17-22(28)27-19-9-5-3-6-10-19/h3,5-6,9-12,15,26H,2,4,7-8,13-14,16-17H2,1H3,(H2,25,29)(H,27,28). The van der Waals surface area contributed by atoms with E-state index in [0.29, 0.717) is 30.3 Å². The van der Waals surface area contributed by atoms with Gasteiger partial charge in [0.15, 0.2) is 18.1 Å². The van der Waals surface area contributed by atoms with Gasteiger partial charge in [-0.3, -0.25) is 14.9 Å². The van der Waals surface area contributed by atoms with Crippen molar-refractivity contribution in [3.8, 4) is 11.5 Å². The largest absolute Gasteiger partial charge is 0.490 e. The second kappa shape index (κ2) is 10.8. The van der Waals surface area contributed by atoms with Gasteiger partial charge >= 0.3 is 0 Å². The van der Waals surface area contributed by atoms with Gasteiger partial charge in [0.25, 0.3) is 5.91 Å². The fourth-order valence-electron chi connectivity index (χ4n) is 3.85. The number of amides is 2.